The molecule has 0 unspecified atom stereocenters. The van der Waals surface area contributed by atoms with Gasteiger partial charge < -0.3 is 10.4 Å². The molecule has 0 heterocycles. The summed E-state index contributed by atoms with van der Waals surface area (Å²) in [7, 11) is 0. The van der Waals surface area contributed by atoms with Crippen LogP contribution in [0, 0.1) is 17.6 Å². The first-order chi connectivity index (χ1) is 10.4. The highest BCUT2D eigenvalue weighted by Gasteiger charge is 2.33. The predicted octanol–water partition coefficient (Wildman–Crippen LogP) is 1.91. The lowest BCUT2D eigenvalue weighted by Crippen LogP contribution is -2.47. The summed E-state index contributed by atoms with van der Waals surface area (Å²) in [6.45, 7) is 0. The summed E-state index contributed by atoms with van der Waals surface area (Å²) in [6.07, 6.45) is 1.55. The van der Waals surface area contributed by atoms with E-state index in [1.807, 2.05) is 0 Å². The molecule has 1 aromatic rings. The van der Waals surface area contributed by atoms with Gasteiger partial charge in [0.15, 0.2) is 0 Å². The minimum absolute atomic E-state index is 0.0476. The van der Waals surface area contributed by atoms with E-state index in [4.69, 9.17) is 0 Å². The van der Waals surface area contributed by atoms with Crippen molar-refractivity contribution in [2.75, 3.05) is 0 Å². The Morgan fingerprint density at radius 2 is 1.86 bits per heavy atom. The minimum Gasteiger partial charge on any atom is -0.480 e. The normalized spacial score (nSPS) is 19.5. The number of rotatable bonds is 4. The Morgan fingerprint density at radius 1 is 1.23 bits per heavy atom. The first-order valence-electron chi connectivity index (χ1n) is 6.88. The molecule has 0 spiro atoms. The molecule has 1 saturated carbocycles. The van der Waals surface area contributed by atoms with E-state index >= 15 is 0 Å². The van der Waals surface area contributed by atoms with Gasteiger partial charge in [-0.3, -0.25) is 9.59 Å². The second-order valence-electron chi connectivity index (χ2n) is 5.34. The Bertz CT molecular complexity index is 597. The average Bonchev–Trinajstić information content (AvgIpc) is 2.43. The molecule has 0 aliphatic heterocycles. The Labute approximate surface area is 125 Å². The lowest BCUT2D eigenvalue weighted by Gasteiger charge is -2.27. The molecule has 0 radical (unpaired) electrons. The standard InChI is InChI=1S/C15H15F2NO4/c16-10-4-9(5-11(17)7-10)14(20)18-13(15(21)22)8-2-1-3-12(19)6-8/h4-5,7-8,13H,1-3,6H2,(H,18,20)(H,21,22)/t8-,13+/m0/s1. The molecule has 0 aromatic heterocycles. The van der Waals surface area contributed by atoms with Crippen LogP contribution in [-0.4, -0.2) is 28.8 Å². The van der Waals surface area contributed by atoms with Gasteiger partial charge in [-0.2, -0.15) is 0 Å². The molecule has 1 aliphatic carbocycles. The van der Waals surface area contributed by atoms with Gasteiger partial charge in [0.2, 0.25) is 0 Å². The number of carbonyl (C=O) groups is 3. The number of carboxylic acids is 1. The van der Waals surface area contributed by atoms with Crippen LogP contribution in [-0.2, 0) is 9.59 Å². The predicted molar refractivity (Wildman–Crippen MR) is 72.2 cm³/mol. The second-order valence-corrected chi connectivity index (χ2v) is 5.34. The zero-order valence-electron chi connectivity index (χ0n) is 11.6. The summed E-state index contributed by atoms with van der Waals surface area (Å²) in [4.78, 5) is 34.8. The van der Waals surface area contributed by atoms with Crippen LogP contribution in [0.4, 0.5) is 8.78 Å². The van der Waals surface area contributed by atoms with E-state index in [2.05, 4.69) is 5.32 Å². The van der Waals surface area contributed by atoms with Crippen LogP contribution in [0.1, 0.15) is 36.0 Å². The van der Waals surface area contributed by atoms with Gasteiger partial charge in [-0.15, -0.1) is 0 Å². The van der Waals surface area contributed by atoms with E-state index in [0.717, 1.165) is 12.1 Å². The fourth-order valence-electron chi connectivity index (χ4n) is 2.63. The number of benzene rings is 1. The third kappa shape index (κ3) is 3.87. The summed E-state index contributed by atoms with van der Waals surface area (Å²) in [5.74, 6) is -4.57. The summed E-state index contributed by atoms with van der Waals surface area (Å²) in [6, 6.07) is 1.00. The van der Waals surface area contributed by atoms with E-state index in [1.165, 1.54) is 0 Å². The maximum Gasteiger partial charge on any atom is 0.326 e. The second kappa shape index (κ2) is 6.64. The van der Waals surface area contributed by atoms with E-state index in [-0.39, 0.29) is 17.8 Å². The van der Waals surface area contributed by atoms with Crippen molar-refractivity contribution in [1.29, 1.82) is 0 Å². The molecule has 2 N–H and O–H groups in total. The van der Waals surface area contributed by atoms with Gasteiger partial charge in [-0.1, -0.05) is 0 Å². The number of halogens is 2. The highest BCUT2D eigenvalue weighted by molar-refractivity contribution is 5.96. The number of carboxylic acid groups (broad SMARTS) is 1. The molecule has 7 heteroatoms. The van der Waals surface area contributed by atoms with Gasteiger partial charge in [0.05, 0.1) is 0 Å². The number of ketones is 1. The minimum atomic E-state index is -1.27. The summed E-state index contributed by atoms with van der Waals surface area (Å²) in [5, 5.41) is 11.5. The molecular weight excluding hydrogens is 296 g/mol. The monoisotopic (exact) mass is 311 g/mol. The van der Waals surface area contributed by atoms with Crippen molar-refractivity contribution in [3.63, 3.8) is 0 Å². The van der Waals surface area contributed by atoms with Crippen molar-refractivity contribution in [3.8, 4) is 0 Å². The Balaban J connectivity index is 2.15. The number of amides is 1. The van der Waals surface area contributed by atoms with E-state index in [9.17, 15) is 28.3 Å². The van der Waals surface area contributed by atoms with Crippen LogP contribution >= 0.6 is 0 Å². The maximum absolute atomic E-state index is 13.1. The Kier molecular flexibility index (Phi) is 4.85. The number of nitrogens with one attached hydrogen (secondary N) is 1. The number of carbonyl (C=O) groups excluding carboxylic acids is 2. The average molecular weight is 311 g/mol. The molecule has 0 bridgehead atoms. The summed E-state index contributed by atoms with van der Waals surface area (Å²) >= 11 is 0. The molecule has 2 rings (SSSR count). The highest BCUT2D eigenvalue weighted by Crippen LogP contribution is 2.25. The Morgan fingerprint density at radius 3 is 2.41 bits per heavy atom. The SMILES string of the molecule is O=C1CCC[C@H]([C@@H](NC(=O)c2cc(F)cc(F)c2)C(=O)O)C1. The molecule has 0 saturated heterocycles. The van der Waals surface area contributed by atoms with Crippen molar-refractivity contribution in [2.45, 2.75) is 31.7 Å². The first kappa shape index (κ1) is 16.1. The number of aliphatic carboxylic acids is 1. The van der Waals surface area contributed by atoms with Crippen LogP contribution in [0.2, 0.25) is 0 Å². The molecule has 5 nitrogen and oxygen atoms in total. The molecule has 1 aliphatic rings. The zero-order chi connectivity index (χ0) is 16.3. The van der Waals surface area contributed by atoms with Crippen LogP contribution in [0.3, 0.4) is 0 Å². The third-order valence-corrected chi connectivity index (χ3v) is 3.67. The molecule has 118 valence electrons. The largest absolute Gasteiger partial charge is 0.480 e. The van der Waals surface area contributed by atoms with Crippen LogP contribution in [0.5, 0.6) is 0 Å². The smallest absolute Gasteiger partial charge is 0.326 e. The van der Waals surface area contributed by atoms with Gasteiger partial charge in [0.25, 0.3) is 5.91 Å². The summed E-state index contributed by atoms with van der Waals surface area (Å²) in [5.41, 5.74) is -0.300. The van der Waals surface area contributed by atoms with Crippen molar-refractivity contribution in [2.24, 2.45) is 5.92 Å². The van der Waals surface area contributed by atoms with Crippen molar-refractivity contribution < 1.29 is 28.3 Å². The van der Waals surface area contributed by atoms with Crippen LogP contribution in [0.25, 0.3) is 0 Å². The van der Waals surface area contributed by atoms with Crippen LogP contribution < -0.4 is 5.32 Å². The van der Waals surface area contributed by atoms with Crippen molar-refractivity contribution >= 4 is 17.7 Å². The van der Waals surface area contributed by atoms with E-state index in [1.54, 1.807) is 0 Å². The van der Waals surface area contributed by atoms with Gasteiger partial charge in [0.1, 0.15) is 23.5 Å². The molecule has 2 atom stereocenters. The molecule has 1 fully saturated rings. The van der Waals surface area contributed by atoms with Gasteiger partial charge in [-0.25, -0.2) is 13.6 Å². The quantitative estimate of drug-likeness (QED) is 0.889. The van der Waals surface area contributed by atoms with Crippen molar-refractivity contribution in [3.05, 3.63) is 35.4 Å². The zero-order valence-corrected chi connectivity index (χ0v) is 11.6. The van der Waals surface area contributed by atoms with E-state index in [0.29, 0.717) is 25.3 Å². The fraction of sp³-hybridized carbons (Fsp3) is 0.400. The molecule has 22 heavy (non-hydrogen) atoms. The lowest BCUT2D eigenvalue weighted by atomic mass is 9.83. The number of hydrogen-bond acceptors (Lipinski definition) is 3. The molecule has 1 amide bonds. The lowest BCUT2D eigenvalue weighted by molar-refractivity contribution is -0.141. The molecular formula is C15H15F2NO4. The fourth-order valence-corrected chi connectivity index (χ4v) is 2.63. The third-order valence-electron chi connectivity index (χ3n) is 3.67. The number of hydrogen-bond donors (Lipinski definition) is 2. The van der Waals surface area contributed by atoms with Gasteiger partial charge >= 0.3 is 5.97 Å². The summed E-state index contributed by atoms with van der Waals surface area (Å²) < 4.78 is 26.2. The first-order valence-corrected chi connectivity index (χ1v) is 6.88. The van der Waals surface area contributed by atoms with Crippen LogP contribution in [0.15, 0.2) is 18.2 Å². The Hall–Kier alpha value is -2.31. The highest BCUT2D eigenvalue weighted by atomic mass is 19.1. The topological polar surface area (TPSA) is 83.5 Å². The molecule has 1 aromatic carbocycles. The van der Waals surface area contributed by atoms with Gasteiger partial charge in [0, 0.05) is 24.5 Å². The van der Waals surface area contributed by atoms with Crippen molar-refractivity contribution in [1.82, 2.24) is 5.32 Å². The maximum atomic E-state index is 13.1. The van der Waals surface area contributed by atoms with Gasteiger partial charge in [-0.05, 0) is 30.9 Å². The van der Waals surface area contributed by atoms with E-state index < -0.39 is 35.5 Å². The number of Topliss-reactive ketones (excluding diaryl/α,β-unsaturated/α-hetero) is 1.